The summed E-state index contributed by atoms with van der Waals surface area (Å²) >= 11 is 0. The van der Waals surface area contributed by atoms with Crippen LogP contribution in [0.15, 0.2) is 12.1 Å². The molecule has 0 aromatic heterocycles. The molecule has 1 aromatic rings. The third-order valence-corrected chi connectivity index (χ3v) is 2.64. The lowest BCUT2D eigenvalue weighted by Crippen LogP contribution is -2.18. The summed E-state index contributed by atoms with van der Waals surface area (Å²) in [6.07, 6.45) is -0.183. The van der Waals surface area contributed by atoms with Gasteiger partial charge in [0.05, 0.1) is 31.6 Å². The minimum absolute atomic E-state index is 0.147. The lowest BCUT2D eigenvalue weighted by Gasteiger charge is -2.14. The Kier molecular flexibility index (Phi) is 5.44. The second kappa shape index (κ2) is 6.84. The third-order valence-electron chi connectivity index (χ3n) is 2.64. The molecule has 1 aromatic carbocycles. The second-order valence-corrected chi connectivity index (χ2v) is 3.94. The zero-order valence-electron chi connectivity index (χ0n) is 11.6. The van der Waals surface area contributed by atoms with E-state index in [1.807, 2.05) is 0 Å². The van der Waals surface area contributed by atoms with Crippen molar-refractivity contribution < 1.29 is 23.7 Å². The number of esters is 1. The maximum atomic E-state index is 12.0. The molecule has 0 saturated heterocycles. The number of benzene rings is 1. The van der Waals surface area contributed by atoms with E-state index >= 15 is 0 Å². The van der Waals surface area contributed by atoms with E-state index in [1.54, 1.807) is 20.1 Å². The number of nitrogens with two attached hydrogens (primary N) is 1. The topological polar surface area (TPSA) is 80.0 Å². The molecular weight excluding hydrogens is 250 g/mol. The summed E-state index contributed by atoms with van der Waals surface area (Å²) in [5.74, 6) is 0.294. The molecule has 1 rings (SSSR count). The lowest BCUT2D eigenvalue weighted by atomic mass is 10.1. The van der Waals surface area contributed by atoms with Crippen molar-refractivity contribution in [3.63, 3.8) is 0 Å². The van der Waals surface area contributed by atoms with Gasteiger partial charge in [0.15, 0.2) is 0 Å². The molecule has 6 heteroatoms. The first-order valence-corrected chi connectivity index (χ1v) is 5.74. The lowest BCUT2D eigenvalue weighted by molar-refractivity contribution is 0.0169. The van der Waals surface area contributed by atoms with Crippen molar-refractivity contribution in [3.05, 3.63) is 17.7 Å². The van der Waals surface area contributed by atoms with Crippen LogP contribution in [0.3, 0.4) is 0 Å². The number of rotatable bonds is 6. The van der Waals surface area contributed by atoms with Crippen LogP contribution in [0.25, 0.3) is 0 Å². The predicted molar refractivity (Wildman–Crippen MR) is 70.7 cm³/mol. The number of ether oxygens (including phenoxy) is 4. The molecule has 19 heavy (non-hydrogen) atoms. The molecule has 6 nitrogen and oxygen atoms in total. The molecule has 0 spiro atoms. The van der Waals surface area contributed by atoms with E-state index in [4.69, 9.17) is 24.7 Å². The van der Waals surface area contributed by atoms with E-state index in [1.165, 1.54) is 20.3 Å². The van der Waals surface area contributed by atoms with Crippen LogP contribution in [-0.4, -0.2) is 40.0 Å². The van der Waals surface area contributed by atoms with Crippen molar-refractivity contribution in [2.24, 2.45) is 0 Å². The fraction of sp³-hybridized carbons (Fsp3) is 0.462. The molecule has 0 amide bonds. The minimum Gasteiger partial charge on any atom is -0.497 e. The average Bonchev–Trinajstić information content (AvgIpc) is 2.44. The Morgan fingerprint density at radius 2 is 1.95 bits per heavy atom. The molecule has 0 heterocycles. The van der Waals surface area contributed by atoms with Crippen LogP contribution in [0, 0.1) is 0 Å². The number of nitrogen functional groups attached to an aromatic ring is 1. The number of anilines is 1. The van der Waals surface area contributed by atoms with Gasteiger partial charge in [-0.15, -0.1) is 0 Å². The first-order chi connectivity index (χ1) is 9.03. The minimum atomic E-state index is -0.543. The van der Waals surface area contributed by atoms with Crippen LogP contribution in [-0.2, 0) is 9.47 Å². The molecule has 0 saturated carbocycles. The van der Waals surface area contributed by atoms with Gasteiger partial charge in [-0.2, -0.15) is 0 Å². The molecule has 1 unspecified atom stereocenters. The van der Waals surface area contributed by atoms with Gasteiger partial charge in [-0.3, -0.25) is 0 Å². The zero-order valence-corrected chi connectivity index (χ0v) is 11.6. The van der Waals surface area contributed by atoms with E-state index in [-0.39, 0.29) is 24.0 Å². The number of carbonyl (C=O) groups excluding carboxylic acids is 1. The Balaban J connectivity index is 2.95. The highest BCUT2D eigenvalue weighted by Gasteiger charge is 2.18. The predicted octanol–water partition coefficient (Wildman–Crippen LogP) is 1.48. The van der Waals surface area contributed by atoms with E-state index in [0.29, 0.717) is 11.5 Å². The van der Waals surface area contributed by atoms with Crippen molar-refractivity contribution in [2.75, 3.05) is 33.7 Å². The molecule has 1 atom stereocenters. The standard InChI is InChI=1S/C13H19NO5/c1-8(16-2)7-19-13(15)10-5-9(17-3)6-11(18-4)12(10)14/h5-6,8H,7,14H2,1-4H3. The van der Waals surface area contributed by atoms with Gasteiger partial charge in [0.25, 0.3) is 0 Å². The normalized spacial score (nSPS) is 11.8. The molecule has 0 bridgehead atoms. The van der Waals surface area contributed by atoms with Crippen molar-refractivity contribution in [3.8, 4) is 11.5 Å². The Hall–Kier alpha value is -1.95. The monoisotopic (exact) mass is 269 g/mol. The summed E-state index contributed by atoms with van der Waals surface area (Å²) < 4.78 is 20.3. The maximum Gasteiger partial charge on any atom is 0.340 e. The van der Waals surface area contributed by atoms with Crippen molar-refractivity contribution >= 4 is 11.7 Å². The number of carbonyl (C=O) groups is 1. The van der Waals surface area contributed by atoms with E-state index < -0.39 is 5.97 Å². The Morgan fingerprint density at radius 1 is 1.26 bits per heavy atom. The highest BCUT2D eigenvalue weighted by atomic mass is 16.6. The fourth-order valence-electron chi connectivity index (χ4n) is 1.40. The zero-order chi connectivity index (χ0) is 14.4. The van der Waals surface area contributed by atoms with Crippen molar-refractivity contribution in [2.45, 2.75) is 13.0 Å². The molecule has 0 radical (unpaired) electrons. The van der Waals surface area contributed by atoms with E-state index in [2.05, 4.69) is 0 Å². The number of methoxy groups -OCH3 is 3. The third kappa shape index (κ3) is 3.75. The van der Waals surface area contributed by atoms with Crippen LogP contribution >= 0.6 is 0 Å². The average molecular weight is 269 g/mol. The molecule has 0 aliphatic heterocycles. The van der Waals surface area contributed by atoms with Crippen LogP contribution in [0.5, 0.6) is 11.5 Å². The van der Waals surface area contributed by atoms with Gasteiger partial charge in [0, 0.05) is 13.2 Å². The summed E-state index contributed by atoms with van der Waals surface area (Å²) in [5.41, 5.74) is 6.27. The van der Waals surface area contributed by atoms with Gasteiger partial charge in [-0.05, 0) is 13.0 Å². The summed E-state index contributed by atoms with van der Waals surface area (Å²) in [6.45, 7) is 1.94. The van der Waals surface area contributed by atoms with Crippen molar-refractivity contribution in [1.82, 2.24) is 0 Å². The molecule has 106 valence electrons. The highest BCUT2D eigenvalue weighted by Crippen LogP contribution is 2.31. The molecular formula is C13H19NO5. The first kappa shape index (κ1) is 15.1. The number of hydrogen-bond donors (Lipinski definition) is 1. The van der Waals surface area contributed by atoms with E-state index in [9.17, 15) is 4.79 Å². The highest BCUT2D eigenvalue weighted by molar-refractivity contribution is 5.97. The van der Waals surface area contributed by atoms with Crippen molar-refractivity contribution in [1.29, 1.82) is 0 Å². The SMILES string of the molecule is COc1cc(OC)c(N)c(C(=O)OCC(C)OC)c1. The van der Waals surface area contributed by atoms with Gasteiger partial charge in [0.2, 0.25) is 0 Å². The van der Waals surface area contributed by atoms with Gasteiger partial charge >= 0.3 is 5.97 Å². The molecule has 2 N–H and O–H groups in total. The quantitative estimate of drug-likeness (QED) is 0.622. The molecule has 0 aliphatic rings. The number of hydrogen-bond acceptors (Lipinski definition) is 6. The van der Waals surface area contributed by atoms with Gasteiger partial charge < -0.3 is 24.7 Å². The van der Waals surface area contributed by atoms with Crippen LogP contribution in [0.4, 0.5) is 5.69 Å². The molecule has 0 aliphatic carbocycles. The second-order valence-electron chi connectivity index (χ2n) is 3.94. The van der Waals surface area contributed by atoms with Crippen LogP contribution in [0.1, 0.15) is 17.3 Å². The van der Waals surface area contributed by atoms with Gasteiger partial charge in [-0.1, -0.05) is 0 Å². The van der Waals surface area contributed by atoms with E-state index in [0.717, 1.165) is 0 Å². The fourth-order valence-corrected chi connectivity index (χ4v) is 1.40. The largest absolute Gasteiger partial charge is 0.497 e. The Morgan fingerprint density at radius 3 is 2.47 bits per heavy atom. The van der Waals surface area contributed by atoms with Gasteiger partial charge in [-0.25, -0.2) is 4.79 Å². The smallest absolute Gasteiger partial charge is 0.340 e. The summed E-state index contributed by atoms with van der Waals surface area (Å²) in [5, 5.41) is 0. The van der Waals surface area contributed by atoms with Gasteiger partial charge in [0.1, 0.15) is 18.1 Å². The summed E-state index contributed by atoms with van der Waals surface area (Å²) in [6, 6.07) is 3.11. The maximum absolute atomic E-state index is 12.0. The Bertz CT molecular complexity index is 447. The summed E-state index contributed by atoms with van der Waals surface area (Å²) in [7, 11) is 4.50. The van der Waals surface area contributed by atoms with Crippen LogP contribution in [0.2, 0.25) is 0 Å². The first-order valence-electron chi connectivity index (χ1n) is 5.74. The molecule has 0 fully saturated rings. The van der Waals surface area contributed by atoms with Crippen LogP contribution < -0.4 is 15.2 Å². The summed E-state index contributed by atoms with van der Waals surface area (Å²) in [4.78, 5) is 12.0. The Labute approximate surface area is 112 Å².